The Balaban J connectivity index is 1.56. The third-order valence-electron chi connectivity index (χ3n) is 3.39. The fourth-order valence-electron chi connectivity index (χ4n) is 2.21. The highest BCUT2D eigenvalue weighted by molar-refractivity contribution is 5.92. The zero-order valence-electron chi connectivity index (χ0n) is 12.3. The molecule has 1 amide bonds. The Hall–Kier alpha value is -2.89. The van der Waals surface area contributed by atoms with Crippen molar-refractivity contribution >= 4 is 5.91 Å². The maximum absolute atomic E-state index is 11.9. The Labute approximate surface area is 128 Å². The van der Waals surface area contributed by atoms with Crippen molar-refractivity contribution in [1.82, 2.24) is 24.9 Å². The molecule has 0 aliphatic carbocycles. The van der Waals surface area contributed by atoms with Crippen LogP contribution in [0.1, 0.15) is 16.2 Å². The Morgan fingerprint density at radius 1 is 1.18 bits per heavy atom. The van der Waals surface area contributed by atoms with Gasteiger partial charge in [-0.15, -0.1) is 0 Å². The Kier molecular flexibility index (Phi) is 4.00. The quantitative estimate of drug-likeness (QED) is 0.777. The summed E-state index contributed by atoms with van der Waals surface area (Å²) in [5.41, 5.74) is 2.51. The second kappa shape index (κ2) is 6.26. The number of carbonyl (C=O) groups is 1. The van der Waals surface area contributed by atoms with Gasteiger partial charge in [0.25, 0.3) is 5.91 Å². The molecule has 0 atom stereocenters. The van der Waals surface area contributed by atoms with Gasteiger partial charge in [-0.1, -0.05) is 18.2 Å². The zero-order chi connectivity index (χ0) is 15.4. The van der Waals surface area contributed by atoms with Crippen molar-refractivity contribution in [2.45, 2.75) is 6.42 Å². The molecule has 0 unspecified atom stereocenters. The molecular formula is C16H17N5O. The van der Waals surface area contributed by atoms with Crippen LogP contribution in [0.5, 0.6) is 0 Å². The van der Waals surface area contributed by atoms with Crippen LogP contribution in [0.3, 0.4) is 0 Å². The molecule has 0 bridgehead atoms. The predicted molar refractivity (Wildman–Crippen MR) is 82.8 cm³/mol. The van der Waals surface area contributed by atoms with E-state index in [1.165, 1.54) is 0 Å². The molecule has 1 N–H and O–H groups in total. The number of nitrogens with zero attached hydrogens (tertiary/aromatic N) is 4. The van der Waals surface area contributed by atoms with Crippen LogP contribution >= 0.6 is 0 Å². The number of aromatic nitrogens is 4. The van der Waals surface area contributed by atoms with E-state index in [1.54, 1.807) is 24.0 Å². The van der Waals surface area contributed by atoms with Crippen LogP contribution in [0.4, 0.5) is 0 Å². The third kappa shape index (κ3) is 3.06. The molecule has 6 nitrogen and oxygen atoms in total. The van der Waals surface area contributed by atoms with Gasteiger partial charge < -0.3 is 5.32 Å². The molecule has 3 aromatic rings. The first-order valence-corrected chi connectivity index (χ1v) is 7.10. The largest absolute Gasteiger partial charge is 0.350 e. The molecule has 0 aliphatic rings. The first kappa shape index (κ1) is 14.1. The van der Waals surface area contributed by atoms with Crippen molar-refractivity contribution in [2.75, 3.05) is 6.54 Å². The summed E-state index contributed by atoms with van der Waals surface area (Å²) >= 11 is 0. The fraction of sp³-hybridized carbons (Fsp3) is 0.188. The molecular weight excluding hydrogens is 278 g/mol. The summed E-state index contributed by atoms with van der Waals surface area (Å²) in [6.07, 6.45) is 4.22. The molecule has 1 aromatic carbocycles. The lowest BCUT2D eigenvalue weighted by molar-refractivity contribution is 0.0944. The molecule has 0 radical (unpaired) electrons. The second-order valence-corrected chi connectivity index (χ2v) is 4.93. The minimum Gasteiger partial charge on any atom is -0.350 e. The maximum Gasteiger partial charge on any atom is 0.269 e. The SMILES string of the molecule is Cn1nccc1C(=O)NCCc1ccn(-c2ccccc2)n1. The molecule has 2 aromatic heterocycles. The van der Waals surface area contributed by atoms with E-state index in [4.69, 9.17) is 0 Å². The molecule has 22 heavy (non-hydrogen) atoms. The van der Waals surface area contributed by atoms with E-state index in [2.05, 4.69) is 15.5 Å². The van der Waals surface area contributed by atoms with Crippen molar-refractivity contribution in [3.63, 3.8) is 0 Å². The van der Waals surface area contributed by atoms with Crippen LogP contribution in [0.15, 0.2) is 54.9 Å². The van der Waals surface area contributed by atoms with Gasteiger partial charge in [-0.3, -0.25) is 9.48 Å². The van der Waals surface area contributed by atoms with Crippen LogP contribution in [0, 0.1) is 0 Å². The van der Waals surface area contributed by atoms with Crippen LogP contribution in [0.2, 0.25) is 0 Å². The van der Waals surface area contributed by atoms with Gasteiger partial charge in [0.2, 0.25) is 0 Å². The lowest BCUT2D eigenvalue weighted by atomic mass is 10.3. The lowest BCUT2D eigenvalue weighted by Crippen LogP contribution is -2.27. The van der Waals surface area contributed by atoms with E-state index in [9.17, 15) is 4.79 Å². The summed E-state index contributed by atoms with van der Waals surface area (Å²) in [7, 11) is 1.75. The highest BCUT2D eigenvalue weighted by atomic mass is 16.2. The summed E-state index contributed by atoms with van der Waals surface area (Å²) in [5.74, 6) is -0.123. The average Bonchev–Trinajstić information content (AvgIpc) is 3.17. The van der Waals surface area contributed by atoms with Crippen LogP contribution in [0.25, 0.3) is 5.69 Å². The van der Waals surface area contributed by atoms with E-state index in [-0.39, 0.29) is 5.91 Å². The topological polar surface area (TPSA) is 64.7 Å². The third-order valence-corrected chi connectivity index (χ3v) is 3.39. The molecule has 0 fully saturated rings. The summed E-state index contributed by atoms with van der Waals surface area (Å²) in [6, 6.07) is 13.6. The number of aryl methyl sites for hydroxylation is 1. The average molecular weight is 295 g/mol. The standard InChI is InChI=1S/C16H17N5O/c1-20-15(8-11-18-20)16(22)17-10-7-13-9-12-21(19-13)14-5-3-2-4-6-14/h2-6,8-9,11-12H,7,10H2,1H3,(H,17,22). The Bertz CT molecular complexity index is 760. The molecule has 2 heterocycles. The fourth-order valence-corrected chi connectivity index (χ4v) is 2.21. The Morgan fingerprint density at radius 2 is 2.00 bits per heavy atom. The Morgan fingerprint density at radius 3 is 2.73 bits per heavy atom. The van der Waals surface area contributed by atoms with Crippen molar-refractivity contribution < 1.29 is 4.79 Å². The number of rotatable bonds is 5. The van der Waals surface area contributed by atoms with E-state index in [1.807, 2.05) is 47.3 Å². The summed E-state index contributed by atoms with van der Waals surface area (Å²) in [5, 5.41) is 11.4. The summed E-state index contributed by atoms with van der Waals surface area (Å²) in [6.45, 7) is 0.538. The van der Waals surface area contributed by atoms with E-state index in [0.717, 1.165) is 11.4 Å². The van der Waals surface area contributed by atoms with Gasteiger partial charge in [0.1, 0.15) is 5.69 Å². The summed E-state index contributed by atoms with van der Waals surface area (Å²) < 4.78 is 3.39. The normalized spacial score (nSPS) is 10.6. The van der Waals surface area contributed by atoms with Gasteiger partial charge in [-0.25, -0.2) is 4.68 Å². The smallest absolute Gasteiger partial charge is 0.269 e. The van der Waals surface area contributed by atoms with Crippen molar-refractivity contribution in [3.05, 3.63) is 66.2 Å². The van der Waals surface area contributed by atoms with Gasteiger partial charge in [-0.2, -0.15) is 10.2 Å². The first-order chi connectivity index (χ1) is 10.7. The predicted octanol–water partition coefficient (Wildman–Crippen LogP) is 1.58. The first-order valence-electron chi connectivity index (χ1n) is 7.10. The maximum atomic E-state index is 11.9. The highest BCUT2D eigenvalue weighted by Crippen LogP contribution is 2.07. The minimum absolute atomic E-state index is 0.123. The number of hydrogen-bond donors (Lipinski definition) is 1. The number of hydrogen-bond acceptors (Lipinski definition) is 3. The van der Waals surface area contributed by atoms with Gasteiger partial charge in [0.05, 0.1) is 11.4 Å². The van der Waals surface area contributed by atoms with Crippen LogP contribution in [-0.4, -0.2) is 32.0 Å². The second-order valence-electron chi connectivity index (χ2n) is 4.93. The van der Waals surface area contributed by atoms with Gasteiger partial charge >= 0.3 is 0 Å². The zero-order valence-corrected chi connectivity index (χ0v) is 12.3. The number of carbonyl (C=O) groups excluding carboxylic acids is 1. The molecule has 0 aliphatic heterocycles. The summed E-state index contributed by atoms with van der Waals surface area (Å²) in [4.78, 5) is 11.9. The number of para-hydroxylation sites is 1. The van der Waals surface area contributed by atoms with Crippen molar-refractivity contribution in [1.29, 1.82) is 0 Å². The molecule has 6 heteroatoms. The minimum atomic E-state index is -0.123. The van der Waals surface area contributed by atoms with Gasteiger partial charge in [0, 0.05) is 32.4 Å². The molecule has 0 spiro atoms. The van der Waals surface area contributed by atoms with Crippen molar-refractivity contribution in [2.24, 2.45) is 7.05 Å². The number of benzene rings is 1. The number of amides is 1. The van der Waals surface area contributed by atoms with Gasteiger partial charge in [-0.05, 0) is 24.3 Å². The van der Waals surface area contributed by atoms with E-state index in [0.29, 0.717) is 18.7 Å². The highest BCUT2D eigenvalue weighted by Gasteiger charge is 2.09. The monoisotopic (exact) mass is 295 g/mol. The van der Waals surface area contributed by atoms with Crippen LogP contribution < -0.4 is 5.32 Å². The van der Waals surface area contributed by atoms with Crippen LogP contribution in [-0.2, 0) is 13.5 Å². The van der Waals surface area contributed by atoms with Crippen molar-refractivity contribution in [3.8, 4) is 5.69 Å². The van der Waals surface area contributed by atoms with E-state index < -0.39 is 0 Å². The van der Waals surface area contributed by atoms with E-state index >= 15 is 0 Å². The lowest BCUT2D eigenvalue weighted by Gasteiger charge is -2.04. The molecule has 3 rings (SSSR count). The van der Waals surface area contributed by atoms with Gasteiger partial charge in [0.15, 0.2) is 0 Å². The molecule has 112 valence electrons. The number of nitrogens with one attached hydrogen (secondary N) is 1. The molecule has 0 saturated heterocycles. The molecule has 0 saturated carbocycles.